The Kier molecular flexibility index (Phi) is 5.25. The fraction of sp³-hybridized carbons (Fsp3) is 0.381. The van der Waals surface area contributed by atoms with Gasteiger partial charge >= 0.3 is 6.18 Å². The normalized spacial score (nSPS) is 22.3. The van der Waals surface area contributed by atoms with Crippen LogP contribution in [0.25, 0.3) is 0 Å². The van der Waals surface area contributed by atoms with E-state index in [-0.39, 0.29) is 17.9 Å². The second-order valence-corrected chi connectivity index (χ2v) is 8.44. The number of amides is 1. The summed E-state index contributed by atoms with van der Waals surface area (Å²) in [5.41, 5.74) is -1.48. The van der Waals surface area contributed by atoms with Crippen molar-refractivity contribution in [3.05, 3.63) is 63.2 Å². The summed E-state index contributed by atoms with van der Waals surface area (Å²) < 4.78 is 44.3. The molecule has 33 heavy (non-hydrogen) atoms. The van der Waals surface area contributed by atoms with Crippen LogP contribution in [0.4, 0.5) is 24.5 Å². The zero-order valence-corrected chi connectivity index (χ0v) is 17.5. The summed E-state index contributed by atoms with van der Waals surface area (Å²) in [6.45, 7) is 3.19. The van der Waals surface area contributed by atoms with Crippen LogP contribution in [-0.4, -0.2) is 50.1 Å². The summed E-state index contributed by atoms with van der Waals surface area (Å²) in [7, 11) is 0. The van der Waals surface area contributed by atoms with Gasteiger partial charge in [0.1, 0.15) is 23.1 Å². The third-order valence-corrected chi connectivity index (χ3v) is 5.82. The molecule has 1 amide bonds. The number of benzene rings is 2. The lowest BCUT2D eigenvalue weighted by Crippen LogP contribution is -2.53. The number of rotatable bonds is 4. The maximum absolute atomic E-state index is 13.1. The number of nitro groups is 1. The first-order valence-electron chi connectivity index (χ1n) is 9.91. The molecule has 2 unspecified atom stereocenters. The Morgan fingerprint density at radius 2 is 1.97 bits per heavy atom. The van der Waals surface area contributed by atoms with Crippen molar-refractivity contribution in [3.8, 4) is 5.75 Å². The summed E-state index contributed by atoms with van der Waals surface area (Å²) >= 11 is 0. The maximum atomic E-state index is 13.1. The van der Waals surface area contributed by atoms with Crippen LogP contribution >= 0.6 is 0 Å². The molecule has 176 valence electrons. The molecular weight excluding hydrogens is 447 g/mol. The highest BCUT2D eigenvalue weighted by molar-refractivity contribution is 5.98. The molecule has 4 rings (SSSR count). The highest BCUT2D eigenvalue weighted by Crippen LogP contribution is 2.48. The van der Waals surface area contributed by atoms with Gasteiger partial charge in [0.15, 0.2) is 0 Å². The zero-order valence-electron chi connectivity index (χ0n) is 17.5. The second-order valence-electron chi connectivity index (χ2n) is 8.44. The predicted octanol–water partition coefficient (Wildman–Crippen LogP) is 3.12. The molecule has 0 aliphatic carbocycles. The quantitative estimate of drug-likeness (QED) is 0.358. The lowest BCUT2D eigenvalue weighted by atomic mass is 9.85. The van der Waals surface area contributed by atoms with Crippen molar-refractivity contribution in [2.45, 2.75) is 50.5 Å². The minimum Gasteiger partial charge on any atom is -0.485 e. The molecule has 0 spiro atoms. The summed E-state index contributed by atoms with van der Waals surface area (Å²) in [5.74, 6) is -0.447. The molecule has 2 aliphatic rings. The van der Waals surface area contributed by atoms with E-state index in [1.54, 1.807) is 29.6 Å². The number of nitrogens with one attached hydrogen (secondary N) is 1. The first-order valence-corrected chi connectivity index (χ1v) is 9.91. The average Bonchev–Trinajstić information content (AvgIpc) is 3.04. The van der Waals surface area contributed by atoms with E-state index in [0.29, 0.717) is 11.1 Å². The number of fused-ring (bicyclic) bond motifs is 2. The molecule has 9 nitrogen and oxygen atoms in total. The van der Waals surface area contributed by atoms with E-state index in [2.05, 4.69) is 0 Å². The fourth-order valence-corrected chi connectivity index (χ4v) is 4.13. The van der Waals surface area contributed by atoms with Gasteiger partial charge in [0.2, 0.25) is 6.23 Å². The Morgan fingerprint density at radius 1 is 1.30 bits per heavy atom. The van der Waals surface area contributed by atoms with Crippen LogP contribution in [0.3, 0.4) is 0 Å². The van der Waals surface area contributed by atoms with Gasteiger partial charge in [-0.3, -0.25) is 14.9 Å². The molecule has 0 saturated heterocycles. The first kappa shape index (κ1) is 22.8. The Morgan fingerprint density at radius 3 is 2.58 bits per heavy atom. The number of nitrogens with zero attached hydrogens (tertiary/aromatic N) is 2. The molecule has 12 heteroatoms. The number of hydrogen-bond donors (Lipinski definition) is 3. The van der Waals surface area contributed by atoms with Gasteiger partial charge < -0.3 is 25.2 Å². The lowest BCUT2D eigenvalue weighted by Gasteiger charge is -2.45. The van der Waals surface area contributed by atoms with Crippen molar-refractivity contribution in [1.82, 2.24) is 4.90 Å². The number of carbonyl (C=O) groups is 1. The van der Waals surface area contributed by atoms with E-state index in [4.69, 9.17) is 4.74 Å². The monoisotopic (exact) mass is 467 g/mol. The number of alkyl halides is 3. The Hall–Kier alpha value is -3.38. The van der Waals surface area contributed by atoms with Crippen molar-refractivity contribution in [2.75, 3.05) is 5.32 Å². The van der Waals surface area contributed by atoms with Gasteiger partial charge in [-0.05, 0) is 25.5 Å². The molecule has 0 fully saturated rings. The van der Waals surface area contributed by atoms with E-state index in [1.165, 1.54) is 18.7 Å². The van der Waals surface area contributed by atoms with Crippen LogP contribution in [0.1, 0.15) is 41.4 Å². The van der Waals surface area contributed by atoms with E-state index in [0.717, 1.165) is 12.1 Å². The number of carbonyl (C=O) groups excluding carboxylic acids is 1. The molecule has 2 aliphatic heterocycles. The van der Waals surface area contributed by atoms with Crippen LogP contribution in [0.2, 0.25) is 0 Å². The van der Waals surface area contributed by atoms with Gasteiger partial charge in [-0.25, -0.2) is 0 Å². The molecule has 0 bridgehead atoms. The standard InChI is InChI=1S/C21H20F3N3O6/c1-20(2)17(28)16(26-9-10-5-3-4-6-11(10)18(26)29)12-7-14(27(31)32)13(8-15(12)33-20)25-19(30)21(22,23)24/h3-8,16-17,19,25,28,30H,9H2,1-2H3/t16?,17-,19?/m0/s1. The number of halogens is 3. The fourth-order valence-electron chi connectivity index (χ4n) is 4.13. The van der Waals surface area contributed by atoms with E-state index in [9.17, 15) is 38.3 Å². The van der Waals surface area contributed by atoms with Crippen molar-refractivity contribution < 1.29 is 37.8 Å². The molecule has 2 aromatic rings. The zero-order chi connectivity index (χ0) is 24.3. The Balaban J connectivity index is 1.83. The minimum absolute atomic E-state index is 0.0541. The van der Waals surface area contributed by atoms with Gasteiger partial charge in [0, 0.05) is 29.8 Å². The van der Waals surface area contributed by atoms with Gasteiger partial charge in [0.25, 0.3) is 11.6 Å². The number of aliphatic hydroxyl groups excluding tert-OH is 2. The van der Waals surface area contributed by atoms with Crippen molar-refractivity contribution in [1.29, 1.82) is 0 Å². The molecule has 2 heterocycles. The van der Waals surface area contributed by atoms with Crippen LogP contribution in [-0.2, 0) is 6.54 Å². The summed E-state index contributed by atoms with van der Waals surface area (Å²) in [5, 5.41) is 33.8. The smallest absolute Gasteiger partial charge is 0.433 e. The van der Waals surface area contributed by atoms with Gasteiger partial charge in [0.05, 0.1) is 11.0 Å². The highest BCUT2D eigenvalue weighted by Gasteiger charge is 2.49. The molecule has 0 radical (unpaired) electrons. The van der Waals surface area contributed by atoms with Crippen molar-refractivity contribution >= 4 is 17.3 Å². The molecule has 0 saturated carbocycles. The summed E-state index contributed by atoms with van der Waals surface area (Å²) in [4.78, 5) is 25.2. The summed E-state index contributed by atoms with van der Waals surface area (Å²) in [6.07, 6.45) is -9.43. The highest BCUT2D eigenvalue weighted by atomic mass is 19.4. The molecule has 0 aromatic heterocycles. The Bertz CT molecular complexity index is 1140. The van der Waals surface area contributed by atoms with Crippen molar-refractivity contribution in [3.63, 3.8) is 0 Å². The number of anilines is 1. The van der Waals surface area contributed by atoms with E-state index >= 15 is 0 Å². The van der Waals surface area contributed by atoms with Crippen LogP contribution in [0, 0.1) is 10.1 Å². The first-order chi connectivity index (χ1) is 15.3. The molecule has 3 N–H and O–H groups in total. The third kappa shape index (κ3) is 3.85. The Labute approximate surface area is 185 Å². The largest absolute Gasteiger partial charge is 0.485 e. The number of hydrogen-bond acceptors (Lipinski definition) is 7. The van der Waals surface area contributed by atoms with Crippen LogP contribution < -0.4 is 10.1 Å². The lowest BCUT2D eigenvalue weighted by molar-refractivity contribution is -0.384. The SMILES string of the molecule is CC1(C)Oc2cc(NC(O)C(F)(F)F)c([N+](=O)[O-])cc2C(N2Cc3ccccc3C2=O)[C@@H]1O. The van der Waals surface area contributed by atoms with Crippen LogP contribution in [0.15, 0.2) is 36.4 Å². The van der Waals surface area contributed by atoms with E-state index in [1.807, 2.05) is 0 Å². The minimum atomic E-state index is -5.07. The van der Waals surface area contributed by atoms with Crippen molar-refractivity contribution in [2.24, 2.45) is 0 Å². The maximum Gasteiger partial charge on any atom is 0.433 e. The summed E-state index contributed by atoms with van der Waals surface area (Å²) in [6, 6.07) is 7.68. The number of ether oxygens (including phenoxy) is 1. The molecule has 3 atom stereocenters. The predicted molar refractivity (Wildman–Crippen MR) is 109 cm³/mol. The second kappa shape index (κ2) is 7.59. The third-order valence-electron chi connectivity index (χ3n) is 5.82. The molecule has 2 aromatic carbocycles. The topological polar surface area (TPSA) is 125 Å². The average molecular weight is 467 g/mol. The van der Waals surface area contributed by atoms with Gasteiger partial charge in [-0.15, -0.1) is 0 Å². The van der Waals surface area contributed by atoms with Gasteiger partial charge in [-0.2, -0.15) is 13.2 Å². The van der Waals surface area contributed by atoms with Gasteiger partial charge in [-0.1, -0.05) is 18.2 Å². The number of nitro benzene ring substituents is 1. The molecular formula is C21H20F3N3O6. The van der Waals surface area contributed by atoms with E-state index < -0.39 is 52.4 Å². The number of aliphatic hydroxyl groups is 2. The van der Waals surface area contributed by atoms with Crippen LogP contribution in [0.5, 0.6) is 5.75 Å².